The van der Waals surface area contributed by atoms with Crippen LogP contribution in [0.2, 0.25) is 0 Å². The lowest BCUT2D eigenvalue weighted by atomic mass is 10.2. The predicted octanol–water partition coefficient (Wildman–Crippen LogP) is 2.67. The molecule has 0 spiro atoms. The predicted molar refractivity (Wildman–Crippen MR) is 86.6 cm³/mol. The minimum Gasteiger partial charge on any atom is -0.491 e. The summed E-state index contributed by atoms with van der Waals surface area (Å²) in [4.78, 5) is 26.5. The second-order valence-electron chi connectivity index (χ2n) is 5.04. The van der Waals surface area contributed by atoms with Gasteiger partial charge in [-0.3, -0.25) is 9.59 Å². The van der Waals surface area contributed by atoms with E-state index in [4.69, 9.17) is 4.74 Å². The molecule has 2 amide bonds. The number of ether oxygens (including phenoxy) is 1. The van der Waals surface area contributed by atoms with Gasteiger partial charge in [-0.05, 0) is 29.6 Å². The highest BCUT2D eigenvalue weighted by Crippen LogP contribution is 2.33. The third kappa shape index (κ3) is 3.12. The Bertz CT molecular complexity index is 697. The molecular weight excluding hydrogens is 300 g/mol. The largest absolute Gasteiger partial charge is 0.491 e. The van der Waals surface area contributed by atoms with Crippen LogP contribution in [-0.2, 0) is 16.0 Å². The Labute approximate surface area is 132 Å². The minimum absolute atomic E-state index is 0.000752. The fourth-order valence-corrected chi connectivity index (χ4v) is 3.01. The van der Waals surface area contributed by atoms with E-state index in [-0.39, 0.29) is 11.8 Å². The highest BCUT2D eigenvalue weighted by molar-refractivity contribution is 7.10. The second kappa shape index (κ2) is 6.19. The van der Waals surface area contributed by atoms with Gasteiger partial charge in [0.25, 0.3) is 0 Å². The second-order valence-corrected chi connectivity index (χ2v) is 6.07. The van der Waals surface area contributed by atoms with Crippen LogP contribution >= 0.6 is 11.3 Å². The van der Waals surface area contributed by atoms with Crippen molar-refractivity contribution in [3.63, 3.8) is 0 Å². The number of hydrogen-bond donors (Lipinski definition) is 1. The van der Waals surface area contributed by atoms with E-state index >= 15 is 0 Å². The summed E-state index contributed by atoms with van der Waals surface area (Å²) < 4.78 is 5.56. The summed E-state index contributed by atoms with van der Waals surface area (Å²) in [6, 6.07) is 9.19. The Morgan fingerprint density at radius 2 is 2.27 bits per heavy atom. The molecule has 0 saturated carbocycles. The number of nitrogens with one attached hydrogen (secondary N) is 1. The van der Waals surface area contributed by atoms with E-state index in [0.29, 0.717) is 36.6 Å². The van der Waals surface area contributed by atoms with Crippen LogP contribution in [0.4, 0.5) is 11.4 Å². The van der Waals surface area contributed by atoms with Crippen molar-refractivity contribution < 1.29 is 14.3 Å². The van der Waals surface area contributed by atoms with Crippen molar-refractivity contribution in [2.75, 3.05) is 23.9 Å². The molecule has 2 heterocycles. The SMILES string of the molecule is CN1C(=O)CCOc2ccc(NC(=O)Cc3cccs3)cc21. The maximum atomic E-state index is 12.0. The standard InChI is InChI=1S/C16H16N2O3S/c1-18-13-9-11(4-5-14(13)21-7-6-16(18)20)17-15(19)10-12-3-2-8-22-12/h2-5,8-9H,6-7,10H2,1H3,(H,17,19). The Hall–Kier alpha value is -2.34. The van der Waals surface area contributed by atoms with E-state index in [1.807, 2.05) is 17.5 Å². The van der Waals surface area contributed by atoms with Gasteiger partial charge >= 0.3 is 0 Å². The molecule has 0 radical (unpaired) electrons. The maximum Gasteiger partial charge on any atom is 0.230 e. The summed E-state index contributed by atoms with van der Waals surface area (Å²) in [7, 11) is 1.72. The summed E-state index contributed by atoms with van der Waals surface area (Å²) in [6.07, 6.45) is 0.700. The first-order valence-corrected chi connectivity index (χ1v) is 7.87. The van der Waals surface area contributed by atoms with Gasteiger partial charge < -0.3 is 15.0 Å². The summed E-state index contributed by atoms with van der Waals surface area (Å²) in [5, 5.41) is 4.81. The lowest BCUT2D eigenvalue weighted by molar-refractivity contribution is -0.118. The van der Waals surface area contributed by atoms with E-state index in [2.05, 4.69) is 5.32 Å². The molecule has 0 atom stereocenters. The molecule has 22 heavy (non-hydrogen) atoms. The number of amides is 2. The van der Waals surface area contributed by atoms with Crippen LogP contribution < -0.4 is 15.0 Å². The van der Waals surface area contributed by atoms with E-state index < -0.39 is 0 Å². The van der Waals surface area contributed by atoms with Crippen molar-refractivity contribution in [2.45, 2.75) is 12.8 Å². The number of carbonyl (C=O) groups excluding carboxylic acids is 2. The van der Waals surface area contributed by atoms with Crippen molar-refractivity contribution >= 4 is 34.5 Å². The maximum absolute atomic E-state index is 12.0. The number of thiophene rings is 1. The van der Waals surface area contributed by atoms with Crippen molar-refractivity contribution in [1.29, 1.82) is 0 Å². The first-order chi connectivity index (χ1) is 10.6. The minimum atomic E-state index is -0.0779. The molecule has 0 fully saturated rings. The average Bonchev–Trinajstić information content (AvgIpc) is 2.95. The van der Waals surface area contributed by atoms with Crippen LogP contribution in [-0.4, -0.2) is 25.5 Å². The van der Waals surface area contributed by atoms with Crippen LogP contribution in [0.3, 0.4) is 0 Å². The smallest absolute Gasteiger partial charge is 0.230 e. The van der Waals surface area contributed by atoms with Gasteiger partial charge in [0.05, 0.1) is 25.1 Å². The molecule has 114 valence electrons. The van der Waals surface area contributed by atoms with Crippen molar-refractivity contribution in [3.05, 3.63) is 40.6 Å². The van der Waals surface area contributed by atoms with Crippen LogP contribution in [0.5, 0.6) is 5.75 Å². The highest BCUT2D eigenvalue weighted by Gasteiger charge is 2.20. The molecule has 0 bridgehead atoms. The number of fused-ring (bicyclic) bond motifs is 1. The zero-order chi connectivity index (χ0) is 15.5. The number of hydrogen-bond acceptors (Lipinski definition) is 4. The highest BCUT2D eigenvalue weighted by atomic mass is 32.1. The molecule has 1 aromatic heterocycles. The van der Waals surface area contributed by atoms with E-state index in [9.17, 15) is 9.59 Å². The fourth-order valence-electron chi connectivity index (χ4n) is 2.31. The van der Waals surface area contributed by atoms with Gasteiger partial charge in [-0.2, -0.15) is 0 Å². The van der Waals surface area contributed by atoms with Crippen molar-refractivity contribution in [2.24, 2.45) is 0 Å². The summed E-state index contributed by atoms with van der Waals surface area (Å²) in [6.45, 7) is 0.375. The third-order valence-corrected chi connectivity index (χ3v) is 4.34. The Kier molecular flexibility index (Phi) is 4.11. The topological polar surface area (TPSA) is 58.6 Å². The van der Waals surface area contributed by atoms with Gasteiger partial charge in [-0.1, -0.05) is 6.07 Å². The zero-order valence-electron chi connectivity index (χ0n) is 12.2. The lowest BCUT2D eigenvalue weighted by Crippen LogP contribution is -2.25. The van der Waals surface area contributed by atoms with Crippen molar-refractivity contribution in [1.82, 2.24) is 0 Å². The normalized spacial score (nSPS) is 14.0. The Morgan fingerprint density at radius 1 is 1.41 bits per heavy atom. The average molecular weight is 316 g/mol. The number of rotatable bonds is 3. The summed E-state index contributed by atoms with van der Waals surface area (Å²) >= 11 is 1.55. The molecule has 1 N–H and O–H groups in total. The molecular formula is C16H16N2O3S. The first kappa shape index (κ1) is 14.6. The van der Waals surface area contributed by atoms with Crippen LogP contribution in [0, 0.1) is 0 Å². The molecule has 1 aliphatic heterocycles. The van der Waals surface area contributed by atoms with Gasteiger partial charge in [-0.25, -0.2) is 0 Å². The fraction of sp³-hybridized carbons (Fsp3) is 0.250. The lowest BCUT2D eigenvalue weighted by Gasteiger charge is -2.17. The van der Waals surface area contributed by atoms with Crippen LogP contribution in [0.1, 0.15) is 11.3 Å². The van der Waals surface area contributed by atoms with Gasteiger partial charge in [-0.15, -0.1) is 11.3 Å². The number of nitrogens with zero attached hydrogens (tertiary/aromatic N) is 1. The molecule has 5 nitrogen and oxygen atoms in total. The molecule has 0 unspecified atom stereocenters. The molecule has 1 aromatic carbocycles. The zero-order valence-corrected chi connectivity index (χ0v) is 13.0. The van der Waals surface area contributed by atoms with Crippen molar-refractivity contribution in [3.8, 4) is 5.75 Å². The van der Waals surface area contributed by atoms with Gasteiger partial charge in [0.1, 0.15) is 5.75 Å². The quantitative estimate of drug-likeness (QED) is 0.947. The third-order valence-electron chi connectivity index (χ3n) is 3.47. The van der Waals surface area contributed by atoms with Crippen LogP contribution in [0.25, 0.3) is 0 Å². The van der Waals surface area contributed by atoms with Gasteiger partial charge in [0.15, 0.2) is 0 Å². The molecule has 6 heteroatoms. The van der Waals surface area contributed by atoms with Gasteiger partial charge in [0, 0.05) is 17.6 Å². The summed E-state index contributed by atoms with van der Waals surface area (Å²) in [5.41, 5.74) is 1.34. The number of carbonyl (C=O) groups is 2. The molecule has 2 aromatic rings. The molecule has 0 aliphatic carbocycles. The van der Waals surface area contributed by atoms with E-state index in [0.717, 1.165) is 4.88 Å². The van der Waals surface area contributed by atoms with E-state index in [1.54, 1.807) is 41.5 Å². The Balaban J connectivity index is 1.76. The number of benzene rings is 1. The van der Waals surface area contributed by atoms with E-state index in [1.165, 1.54) is 0 Å². The first-order valence-electron chi connectivity index (χ1n) is 6.99. The number of anilines is 2. The molecule has 3 rings (SSSR count). The Morgan fingerprint density at radius 3 is 3.05 bits per heavy atom. The monoisotopic (exact) mass is 316 g/mol. The van der Waals surface area contributed by atoms with Crippen LogP contribution in [0.15, 0.2) is 35.7 Å². The summed E-state index contributed by atoms with van der Waals surface area (Å²) in [5.74, 6) is 0.580. The molecule has 0 saturated heterocycles. The molecule has 1 aliphatic rings. The van der Waals surface area contributed by atoms with Gasteiger partial charge in [0.2, 0.25) is 11.8 Å².